The number of carbonyl (C=O) groups is 1. The number of benzene rings is 2. The lowest BCUT2D eigenvalue weighted by atomic mass is 9.99. The number of hydrogen-bond acceptors (Lipinski definition) is 3. The monoisotopic (exact) mass is 420 g/mol. The molecule has 0 bridgehead atoms. The average molecular weight is 421 g/mol. The molecule has 0 fully saturated rings. The van der Waals surface area contributed by atoms with Crippen LogP contribution in [0.4, 0.5) is 10.1 Å². The third-order valence-corrected chi connectivity index (χ3v) is 6.14. The Morgan fingerprint density at radius 1 is 1.14 bits per heavy atom. The van der Waals surface area contributed by atoms with Gasteiger partial charge in [0.1, 0.15) is 5.82 Å². The summed E-state index contributed by atoms with van der Waals surface area (Å²) in [6, 6.07) is 11.8. The van der Waals surface area contributed by atoms with Gasteiger partial charge in [-0.25, -0.2) is 12.8 Å². The molecular formula is C22H29FN2O3S. The van der Waals surface area contributed by atoms with E-state index in [-0.39, 0.29) is 37.0 Å². The third-order valence-electron chi connectivity index (χ3n) is 4.96. The fourth-order valence-electron chi connectivity index (χ4n) is 3.17. The Kier molecular flexibility index (Phi) is 7.79. The molecule has 1 N–H and O–H groups in total. The fourth-order valence-corrected chi connectivity index (χ4v) is 4.14. The lowest BCUT2D eigenvalue weighted by Crippen LogP contribution is -2.33. The van der Waals surface area contributed by atoms with Gasteiger partial charge in [-0.15, -0.1) is 0 Å². The molecule has 0 aliphatic rings. The molecule has 0 spiro atoms. The molecule has 0 aromatic heterocycles. The molecule has 158 valence electrons. The summed E-state index contributed by atoms with van der Waals surface area (Å²) in [5.74, 6) is -0.764. The minimum Gasteiger partial charge on any atom is -0.349 e. The van der Waals surface area contributed by atoms with Gasteiger partial charge in [-0.05, 0) is 55.5 Å². The highest BCUT2D eigenvalue weighted by Gasteiger charge is 2.21. The second-order valence-electron chi connectivity index (χ2n) is 7.26. The fraction of sp³-hybridized carbons (Fsp3) is 0.409. The Bertz CT molecular complexity index is 960. The molecule has 0 saturated carbocycles. The average Bonchev–Trinajstić information content (AvgIpc) is 2.65. The van der Waals surface area contributed by atoms with Crippen LogP contribution in [0.25, 0.3) is 0 Å². The molecule has 0 aliphatic carbocycles. The first kappa shape index (κ1) is 22.9. The number of anilines is 1. The minimum absolute atomic E-state index is 0.00280. The van der Waals surface area contributed by atoms with Crippen LogP contribution in [-0.2, 0) is 14.8 Å². The number of hydrogen-bond donors (Lipinski definition) is 1. The predicted octanol–water partition coefficient (Wildman–Crippen LogP) is 4.26. The Balaban J connectivity index is 1.99. The van der Waals surface area contributed by atoms with E-state index in [0.717, 1.165) is 22.5 Å². The summed E-state index contributed by atoms with van der Waals surface area (Å²) in [6.07, 6.45) is 2.23. The molecule has 5 nitrogen and oxygen atoms in total. The molecule has 2 aromatic rings. The second-order valence-corrected chi connectivity index (χ2v) is 9.17. The topological polar surface area (TPSA) is 66.5 Å². The van der Waals surface area contributed by atoms with Crippen LogP contribution >= 0.6 is 0 Å². The number of amides is 1. The largest absolute Gasteiger partial charge is 0.349 e. The van der Waals surface area contributed by atoms with Crippen molar-refractivity contribution in [3.05, 3.63) is 65.0 Å². The van der Waals surface area contributed by atoms with Crippen LogP contribution in [0.15, 0.2) is 42.5 Å². The smallest absolute Gasteiger partial charge is 0.232 e. The van der Waals surface area contributed by atoms with Crippen molar-refractivity contribution in [2.24, 2.45) is 0 Å². The maximum Gasteiger partial charge on any atom is 0.232 e. The Hall–Kier alpha value is -2.41. The van der Waals surface area contributed by atoms with Crippen molar-refractivity contribution in [3.8, 4) is 0 Å². The first-order valence-corrected chi connectivity index (χ1v) is 11.6. The first-order chi connectivity index (χ1) is 13.6. The molecule has 2 aromatic carbocycles. The van der Waals surface area contributed by atoms with E-state index in [1.165, 1.54) is 29.3 Å². The van der Waals surface area contributed by atoms with Gasteiger partial charge in [0, 0.05) is 13.0 Å². The molecule has 0 aliphatic heterocycles. The van der Waals surface area contributed by atoms with Gasteiger partial charge in [0.25, 0.3) is 0 Å². The van der Waals surface area contributed by atoms with Crippen LogP contribution in [0.5, 0.6) is 0 Å². The zero-order valence-corrected chi connectivity index (χ0v) is 18.2. The normalized spacial score (nSPS) is 12.4. The lowest BCUT2D eigenvalue weighted by molar-refractivity contribution is -0.121. The van der Waals surface area contributed by atoms with Crippen molar-refractivity contribution >= 4 is 21.6 Å². The number of halogens is 1. The van der Waals surface area contributed by atoms with Crippen molar-refractivity contribution in [3.63, 3.8) is 0 Å². The van der Waals surface area contributed by atoms with Gasteiger partial charge in [0.05, 0.1) is 18.0 Å². The summed E-state index contributed by atoms with van der Waals surface area (Å²) < 4.78 is 39.2. The number of sulfonamides is 1. The summed E-state index contributed by atoms with van der Waals surface area (Å²) in [7, 11) is -3.66. The van der Waals surface area contributed by atoms with E-state index in [9.17, 15) is 17.6 Å². The van der Waals surface area contributed by atoms with E-state index in [4.69, 9.17) is 0 Å². The van der Waals surface area contributed by atoms with Gasteiger partial charge >= 0.3 is 0 Å². The summed E-state index contributed by atoms with van der Waals surface area (Å²) in [6.45, 7) is 6.12. The third kappa shape index (κ3) is 6.29. The minimum atomic E-state index is -3.66. The Morgan fingerprint density at radius 2 is 1.83 bits per heavy atom. The van der Waals surface area contributed by atoms with Crippen LogP contribution in [0.2, 0.25) is 0 Å². The van der Waals surface area contributed by atoms with Crippen molar-refractivity contribution in [1.82, 2.24) is 5.32 Å². The molecule has 2 rings (SSSR count). The van der Waals surface area contributed by atoms with Crippen molar-refractivity contribution in [2.75, 3.05) is 17.1 Å². The van der Waals surface area contributed by atoms with Gasteiger partial charge in [0.2, 0.25) is 15.9 Å². The molecule has 7 heteroatoms. The molecule has 0 heterocycles. The number of nitrogens with one attached hydrogen (secondary N) is 1. The van der Waals surface area contributed by atoms with E-state index >= 15 is 0 Å². The van der Waals surface area contributed by atoms with Crippen molar-refractivity contribution < 1.29 is 17.6 Å². The Labute approximate surface area is 173 Å². The molecule has 29 heavy (non-hydrogen) atoms. The van der Waals surface area contributed by atoms with Crippen LogP contribution < -0.4 is 9.62 Å². The zero-order chi connectivity index (χ0) is 21.6. The predicted molar refractivity (Wildman–Crippen MR) is 115 cm³/mol. The van der Waals surface area contributed by atoms with E-state index in [2.05, 4.69) is 11.4 Å². The SMILES string of the molecule is CC[C@@H](NC(=O)CCCN(c1ccccc1F)S(C)(=O)=O)c1ccc(C)c(C)c1. The van der Waals surface area contributed by atoms with E-state index in [0.29, 0.717) is 0 Å². The number of nitrogens with zero attached hydrogens (tertiary/aromatic N) is 1. The van der Waals surface area contributed by atoms with Crippen molar-refractivity contribution in [1.29, 1.82) is 0 Å². The van der Waals surface area contributed by atoms with E-state index in [1.54, 1.807) is 6.07 Å². The van der Waals surface area contributed by atoms with Crippen LogP contribution in [0, 0.1) is 19.7 Å². The molecule has 0 saturated heterocycles. The maximum atomic E-state index is 14.0. The van der Waals surface area contributed by atoms with Gasteiger partial charge in [-0.3, -0.25) is 9.10 Å². The first-order valence-electron chi connectivity index (χ1n) is 9.72. The van der Waals surface area contributed by atoms with Crippen molar-refractivity contribution in [2.45, 2.75) is 46.1 Å². The molecule has 1 amide bonds. The number of aryl methyl sites for hydroxylation is 2. The standard InChI is InChI=1S/C22H29FN2O3S/c1-5-20(18-13-12-16(2)17(3)15-18)24-22(26)11-8-14-25(29(4,27)28)21-10-7-6-9-19(21)23/h6-7,9-10,12-13,15,20H,5,8,11,14H2,1-4H3,(H,24,26)/t20-/m1/s1. The number of para-hydroxylation sites is 1. The lowest BCUT2D eigenvalue weighted by Gasteiger charge is -2.23. The number of carbonyl (C=O) groups excluding carboxylic acids is 1. The summed E-state index contributed by atoms with van der Waals surface area (Å²) in [5.41, 5.74) is 3.41. The van der Waals surface area contributed by atoms with Gasteiger partial charge in [-0.2, -0.15) is 0 Å². The highest BCUT2D eigenvalue weighted by Crippen LogP contribution is 2.23. The maximum absolute atomic E-state index is 14.0. The highest BCUT2D eigenvalue weighted by molar-refractivity contribution is 7.92. The molecular weight excluding hydrogens is 391 g/mol. The van der Waals surface area contributed by atoms with Crippen LogP contribution in [-0.4, -0.2) is 27.1 Å². The molecule has 1 atom stereocenters. The van der Waals surface area contributed by atoms with E-state index in [1.807, 2.05) is 32.9 Å². The molecule has 0 unspecified atom stereocenters. The summed E-state index contributed by atoms with van der Waals surface area (Å²) in [4.78, 5) is 12.4. The number of rotatable bonds is 9. The van der Waals surface area contributed by atoms with Crippen LogP contribution in [0.3, 0.4) is 0 Å². The van der Waals surface area contributed by atoms with Gasteiger partial charge in [0.15, 0.2) is 0 Å². The second kappa shape index (κ2) is 9.87. The highest BCUT2D eigenvalue weighted by atomic mass is 32.2. The van der Waals surface area contributed by atoms with Gasteiger partial charge in [-0.1, -0.05) is 37.3 Å². The summed E-state index contributed by atoms with van der Waals surface area (Å²) >= 11 is 0. The zero-order valence-electron chi connectivity index (χ0n) is 17.4. The van der Waals surface area contributed by atoms with Gasteiger partial charge < -0.3 is 5.32 Å². The summed E-state index contributed by atoms with van der Waals surface area (Å²) in [5, 5.41) is 3.01. The van der Waals surface area contributed by atoms with Crippen LogP contribution in [0.1, 0.15) is 48.9 Å². The Morgan fingerprint density at radius 3 is 2.41 bits per heavy atom. The molecule has 0 radical (unpaired) electrons. The van der Waals surface area contributed by atoms with E-state index < -0.39 is 15.8 Å². The quantitative estimate of drug-likeness (QED) is 0.659.